The molecule has 0 unspecified atom stereocenters. The molecule has 5 nitrogen and oxygen atoms in total. The van der Waals surface area contributed by atoms with Gasteiger partial charge in [0.15, 0.2) is 0 Å². The Morgan fingerprint density at radius 2 is 1.81 bits per heavy atom. The molecular formula is C22H22N4O. The van der Waals surface area contributed by atoms with E-state index in [1.165, 1.54) is 18.4 Å². The maximum Gasteiger partial charge on any atom is 0.229 e. The van der Waals surface area contributed by atoms with Crippen LogP contribution in [0.3, 0.4) is 0 Å². The Labute approximate surface area is 157 Å². The summed E-state index contributed by atoms with van der Waals surface area (Å²) in [6, 6.07) is 10.2. The van der Waals surface area contributed by atoms with Gasteiger partial charge in [0.25, 0.3) is 0 Å². The van der Waals surface area contributed by atoms with Crippen molar-refractivity contribution in [3.63, 3.8) is 0 Å². The number of carbonyl (C=O) groups is 1. The predicted molar refractivity (Wildman–Crippen MR) is 106 cm³/mol. The molecule has 1 aromatic carbocycles. The van der Waals surface area contributed by atoms with Gasteiger partial charge in [0, 0.05) is 23.0 Å². The summed E-state index contributed by atoms with van der Waals surface area (Å²) in [6.07, 6.45) is 7.69. The maximum atomic E-state index is 11.8. The van der Waals surface area contributed by atoms with Gasteiger partial charge in [0.2, 0.25) is 5.91 Å². The van der Waals surface area contributed by atoms with Crippen molar-refractivity contribution < 1.29 is 4.79 Å². The number of primary amides is 1. The summed E-state index contributed by atoms with van der Waals surface area (Å²) in [7, 11) is 0. The largest absolute Gasteiger partial charge is 0.398 e. The molecule has 136 valence electrons. The number of hydrogen-bond acceptors (Lipinski definition) is 4. The van der Waals surface area contributed by atoms with Crippen LogP contribution in [-0.4, -0.2) is 15.9 Å². The van der Waals surface area contributed by atoms with Crippen molar-refractivity contribution >= 4 is 22.5 Å². The van der Waals surface area contributed by atoms with Gasteiger partial charge in [-0.25, -0.2) is 0 Å². The van der Waals surface area contributed by atoms with Crippen molar-refractivity contribution in [3.8, 4) is 11.1 Å². The smallest absolute Gasteiger partial charge is 0.229 e. The van der Waals surface area contributed by atoms with Crippen molar-refractivity contribution in [1.82, 2.24) is 9.97 Å². The minimum atomic E-state index is -0.577. The fourth-order valence-corrected chi connectivity index (χ4v) is 4.27. The Balaban J connectivity index is 1.62. The van der Waals surface area contributed by atoms with Gasteiger partial charge in [-0.3, -0.25) is 14.8 Å². The van der Waals surface area contributed by atoms with Crippen molar-refractivity contribution in [1.29, 1.82) is 0 Å². The van der Waals surface area contributed by atoms with E-state index in [1.807, 2.05) is 18.2 Å². The number of aryl methyl sites for hydroxylation is 1. The van der Waals surface area contributed by atoms with Gasteiger partial charge >= 0.3 is 0 Å². The molecule has 4 N–H and O–H groups in total. The number of pyridine rings is 2. The van der Waals surface area contributed by atoms with Gasteiger partial charge in [0.1, 0.15) is 0 Å². The molecule has 5 rings (SSSR count). The normalized spacial score (nSPS) is 17.5. The average Bonchev–Trinajstić information content (AvgIpc) is 3.50. The van der Waals surface area contributed by atoms with Crippen LogP contribution in [0.5, 0.6) is 0 Å². The van der Waals surface area contributed by atoms with Crippen molar-refractivity contribution in [3.05, 3.63) is 53.5 Å². The highest BCUT2D eigenvalue weighted by Gasteiger charge is 2.51. The molecule has 3 aromatic rings. The van der Waals surface area contributed by atoms with Gasteiger partial charge in [-0.05, 0) is 79.5 Å². The van der Waals surface area contributed by atoms with Crippen LogP contribution in [-0.2, 0) is 23.1 Å². The molecule has 0 aliphatic heterocycles. The second-order valence-corrected chi connectivity index (χ2v) is 7.77. The van der Waals surface area contributed by atoms with Gasteiger partial charge in [-0.15, -0.1) is 0 Å². The predicted octanol–water partition coefficient (Wildman–Crippen LogP) is 3.27. The van der Waals surface area contributed by atoms with E-state index in [4.69, 9.17) is 16.5 Å². The molecule has 2 aromatic heterocycles. The molecule has 1 amide bonds. The Bertz CT molecular complexity index is 1090. The van der Waals surface area contributed by atoms with Gasteiger partial charge in [-0.1, -0.05) is 6.07 Å². The van der Waals surface area contributed by atoms with Crippen molar-refractivity contribution in [2.45, 2.75) is 43.9 Å². The fourth-order valence-electron chi connectivity index (χ4n) is 4.27. The van der Waals surface area contributed by atoms with E-state index in [-0.39, 0.29) is 5.91 Å². The van der Waals surface area contributed by atoms with Crippen molar-refractivity contribution in [2.24, 2.45) is 5.73 Å². The zero-order valence-corrected chi connectivity index (χ0v) is 15.2. The summed E-state index contributed by atoms with van der Waals surface area (Å²) in [4.78, 5) is 21.1. The lowest BCUT2D eigenvalue weighted by atomic mass is 9.92. The van der Waals surface area contributed by atoms with Crippen LogP contribution in [0.15, 0.2) is 36.5 Å². The number of nitrogens with zero attached hydrogens (tertiary/aromatic N) is 2. The molecule has 2 aliphatic rings. The molecule has 27 heavy (non-hydrogen) atoms. The van der Waals surface area contributed by atoms with E-state index in [1.54, 1.807) is 6.20 Å². The molecule has 0 spiro atoms. The number of amides is 1. The highest BCUT2D eigenvalue weighted by Crippen LogP contribution is 2.47. The fraction of sp³-hybridized carbons (Fsp3) is 0.318. The van der Waals surface area contributed by atoms with E-state index in [0.717, 1.165) is 64.8 Å². The lowest BCUT2D eigenvalue weighted by molar-refractivity contribution is -0.120. The molecule has 1 fully saturated rings. The second kappa shape index (κ2) is 5.78. The third-order valence-corrected chi connectivity index (χ3v) is 6.11. The van der Waals surface area contributed by atoms with Crippen LogP contribution in [0.2, 0.25) is 0 Å². The van der Waals surface area contributed by atoms with E-state index >= 15 is 0 Å². The number of nitrogen functional groups attached to an aromatic ring is 1. The number of benzene rings is 1. The average molecular weight is 358 g/mol. The van der Waals surface area contributed by atoms with Crippen LogP contribution < -0.4 is 11.5 Å². The first-order chi connectivity index (χ1) is 13.1. The molecule has 1 saturated carbocycles. The first-order valence-electron chi connectivity index (χ1n) is 9.56. The lowest BCUT2D eigenvalue weighted by Gasteiger charge is -2.19. The minimum Gasteiger partial charge on any atom is -0.398 e. The Kier molecular flexibility index (Phi) is 3.47. The first kappa shape index (κ1) is 16.2. The van der Waals surface area contributed by atoms with E-state index in [9.17, 15) is 4.79 Å². The maximum absolute atomic E-state index is 11.8. The summed E-state index contributed by atoms with van der Waals surface area (Å²) in [5.74, 6) is -0.286. The number of nitrogens with two attached hydrogens (primary N) is 2. The van der Waals surface area contributed by atoms with E-state index < -0.39 is 5.41 Å². The number of anilines is 1. The molecule has 2 aliphatic carbocycles. The Morgan fingerprint density at radius 3 is 2.59 bits per heavy atom. The first-order valence-corrected chi connectivity index (χ1v) is 9.56. The highest BCUT2D eigenvalue weighted by molar-refractivity contribution is 5.95. The number of rotatable bonds is 3. The van der Waals surface area contributed by atoms with E-state index in [0.29, 0.717) is 0 Å². The molecule has 0 bridgehead atoms. The SMILES string of the molecule is NC(=O)C1(c2cc(-c3ccc4nc5c(c(N)c4c3)CCCC5)ccn2)CC1. The number of carbonyl (C=O) groups excluding carboxylic acids is 1. The van der Waals surface area contributed by atoms with E-state index in [2.05, 4.69) is 17.1 Å². The molecular weight excluding hydrogens is 336 g/mol. The zero-order chi connectivity index (χ0) is 18.6. The number of aromatic nitrogens is 2. The standard InChI is InChI=1S/C22H22N4O/c23-20-15-3-1-2-4-17(15)26-18-6-5-13(11-16(18)20)14-7-10-25-19(12-14)22(8-9-22)21(24)27/h5-7,10-12H,1-4,8-9H2,(H2,23,26)(H2,24,27). The van der Waals surface area contributed by atoms with Gasteiger partial charge in [-0.2, -0.15) is 0 Å². The van der Waals surface area contributed by atoms with Gasteiger partial charge in [0.05, 0.1) is 16.6 Å². The van der Waals surface area contributed by atoms with Crippen LogP contribution >= 0.6 is 0 Å². The molecule has 0 atom stereocenters. The quantitative estimate of drug-likeness (QED) is 0.751. The summed E-state index contributed by atoms with van der Waals surface area (Å²) in [5, 5.41) is 1.00. The summed E-state index contributed by atoms with van der Waals surface area (Å²) >= 11 is 0. The summed E-state index contributed by atoms with van der Waals surface area (Å²) in [5.41, 5.74) is 18.6. The Hall–Kier alpha value is -2.95. The number of fused-ring (bicyclic) bond motifs is 2. The lowest BCUT2D eigenvalue weighted by Crippen LogP contribution is -2.29. The van der Waals surface area contributed by atoms with Crippen LogP contribution in [0.4, 0.5) is 5.69 Å². The third kappa shape index (κ3) is 2.49. The van der Waals surface area contributed by atoms with Crippen LogP contribution in [0, 0.1) is 0 Å². The summed E-state index contributed by atoms with van der Waals surface area (Å²) in [6.45, 7) is 0. The van der Waals surface area contributed by atoms with Gasteiger partial charge < -0.3 is 11.5 Å². The second-order valence-electron chi connectivity index (χ2n) is 7.77. The number of hydrogen-bond donors (Lipinski definition) is 2. The van der Waals surface area contributed by atoms with Crippen LogP contribution in [0.25, 0.3) is 22.0 Å². The molecule has 5 heteroatoms. The topological polar surface area (TPSA) is 94.9 Å². The molecule has 0 radical (unpaired) electrons. The third-order valence-electron chi connectivity index (χ3n) is 6.11. The monoisotopic (exact) mass is 358 g/mol. The molecule has 2 heterocycles. The minimum absolute atomic E-state index is 0.286. The molecule has 0 saturated heterocycles. The Morgan fingerprint density at radius 1 is 1.04 bits per heavy atom. The summed E-state index contributed by atoms with van der Waals surface area (Å²) < 4.78 is 0. The highest BCUT2D eigenvalue weighted by atomic mass is 16.1. The zero-order valence-electron chi connectivity index (χ0n) is 15.2. The van der Waals surface area contributed by atoms with Crippen molar-refractivity contribution in [2.75, 3.05) is 5.73 Å². The van der Waals surface area contributed by atoms with Crippen LogP contribution in [0.1, 0.15) is 42.6 Å².